The van der Waals surface area contributed by atoms with Crippen molar-refractivity contribution < 1.29 is 5.11 Å². The van der Waals surface area contributed by atoms with E-state index in [1.54, 1.807) is 26.0 Å². The summed E-state index contributed by atoms with van der Waals surface area (Å²) in [6.45, 7) is 1.69. The van der Waals surface area contributed by atoms with E-state index in [-0.39, 0.29) is 0 Å². The molecule has 0 rings (SSSR count). The summed E-state index contributed by atoms with van der Waals surface area (Å²) in [7, 11) is 3.53. The highest BCUT2D eigenvalue weighted by atomic mass is 16.3. The summed E-state index contributed by atoms with van der Waals surface area (Å²) in [5.41, 5.74) is 2.75. The van der Waals surface area contributed by atoms with Gasteiger partial charge in [0.05, 0.1) is 0 Å². The Morgan fingerprint density at radius 3 is 2.14 bits per heavy atom. The largest absolute Gasteiger partial charge is 0.377 e. The van der Waals surface area contributed by atoms with Crippen LogP contribution in [0.1, 0.15) is 6.92 Å². The molecule has 3 heteroatoms. The summed E-state index contributed by atoms with van der Waals surface area (Å²) in [5.74, 6) is 0. The van der Waals surface area contributed by atoms with Gasteiger partial charge in [-0.15, -0.1) is 0 Å². The van der Waals surface area contributed by atoms with Crippen LogP contribution in [-0.4, -0.2) is 30.4 Å². The topological polar surface area (TPSA) is 35.5 Å². The van der Waals surface area contributed by atoms with Gasteiger partial charge in [-0.3, -0.25) is 5.43 Å². The van der Waals surface area contributed by atoms with Crippen molar-refractivity contribution in [2.45, 2.75) is 13.2 Å². The van der Waals surface area contributed by atoms with Gasteiger partial charge in [-0.05, 0) is 14.0 Å². The van der Waals surface area contributed by atoms with Crippen LogP contribution in [0, 0.1) is 0 Å². The molecule has 0 aromatic rings. The van der Waals surface area contributed by atoms with Crippen molar-refractivity contribution in [3.8, 4) is 0 Å². The third-order valence-electron chi connectivity index (χ3n) is 0.913. The lowest BCUT2D eigenvalue weighted by Gasteiger charge is -2.17. The van der Waals surface area contributed by atoms with E-state index >= 15 is 0 Å². The SMILES string of the molecule is CNN(C)C(C)O. The van der Waals surface area contributed by atoms with Crippen LogP contribution >= 0.6 is 0 Å². The van der Waals surface area contributed by atoms with Gasteiger partial charge in [0.2, 0.25) is 0 Å². The molecule has 3 nitrogen and oxygen atoms in total. The fourth-order valence-electron chi connectivity index (χ4n) is 0.187. The first-order chi connectivity index (χ1) is 3.18. The second-order valence-electron chi connectivity index (χ2n) is 1.47. The van der Waals surface area contributed by atoms with Gasteiger partial charge in [-0.2, -0.15) is 0 Å². The fourth-order valence-corrected chi connectivity index (χ4v) is 0.187. The maximum Gasteiger partial charge on any atom is 0.116 e. The first-order valence-corrected chi connectivity index (χ1v) is 2.26. The Hall–Kier alpha value is -0.120. The molecule has 0 aromatic heterocycles. The standard InChI is InChI=1S/C4H12N2O/c1-4(7)6(3)5-2/h4-5,7H,1-3H3. The Morgan fingerprint density at radius 2 is 2.14 bits per heavy atom. The molecule has 0 aromatic carbocycles. The summed E-state index contributed by atoms with van der Waals surface area (Å²) in [6.07, 6.45) is -0.412. The van der Waals surface area contributed by atoms with E-state index < -0.39 is 6.23 Å². The minimum atomic E-state index is -0.412. The molecule has 0 aliphatic carbocycles. The number of hydrogen-bond acceptors (Lipinski definition) is 3. The predicted molar refractivity (Wildman–Crippen MR) is 28.5 cm³/mol. The Morgan fingerprint density at radius 1 is 1.71 bits per heavy atom. The molecular weight excluding hydrogens is 92.1 g/mol. The molecule has 1 unspecified atom stereocenters. The lowest BCUT2D eigenvalue weighted by atomic mass is 10.6. The molecule has 0 saturated carbocycles. The van der Waals surface area contributed by atoms with Gasteiger partial charge in [0, 0.05) is 7.05 Å². The first kappa shape index (κ1) is 6.88. The van der Waals surface area contributed by atoms with Gasteiger partial charge >= 0.3 is 0 Å². The van der Waals surface area contributed by atoms with Crippen LogP contribution in [0.15, 0.2) is 0 Å². The molecule has 0 amide bonds. The minimum absolute atomic E-state index is 0.412. The van der Waals surface area contributed by atoms with Crippen molar-refractivity contribution >= 4 is 0 Å². The summed E-state index contributed by atoms with van der Waals surface area (Å²) in [4.78, 5) is 0. The summed E-state index contributed by atoms with van der Waals surface area (Å²) in [5, 5.41) is 10.3. The van der Waals surface area contributed by atoms with E-state index in [9.17, 15) is 0 Å². The summed E-state index contributed by atoms with van der Waals surface area (Å²) < 4.78 is 0. The Balaban J connectivity index is 3.14. The molecule has 44 valence electrons. The first-order valence-electron chi connectivity index (χ1n) is 2.26. The molecule has 0 aliphatic rings. The van der Waals surface area contributed by atoms with Gasteiger partial charge in [0.1, 0.15) is 6.23 Å². The van der Waals surface area contributed by atoms with E-state index in [0.717, 1.165) is 0 Å². The Labute approximate surface area is 43.9 Å². The van der Waals surface area contributed by atoms with Crippen LogP contribution in [0.5, 0.6) is 0 Å². The van der Waals surface area contributed by atoms with E-state index in [0.29, 0.717) is 0 Å². The maximum atomic E-state index is 8.68. The third-order valence-corrected chi connectivity index (χ3v) is 0.913. The van der Waals surface area contributed by atoms with Gasteiger partial charge in [0.15, 0.2) is 0 Å². The van der Waals surface area contributed by atoms with Gasteiger partial charge in [-0.1, -0.05) is 0 Å². The highest BCUT2D eigenvalue weighted by Crippen LogP contribution is 1.79. The number of aliphatic hydroxyl groups excluding tert-OH is 1. The van der Waals surface area contributed by atoms with E-state index in [4.69, 9.17) is 5.11 Å². The zero-order chi connectivity index (χ0) is 5.86. The van der Waals surface area contributed by atoms with E-state index in [2.05, 4.69) is 5.43 Å². The van der Waals surface area contributed by atoms with Crippen LogP contribution in [0.2, 0.25) is 0 Å². The van der Waals surface area contributed by atoms with Crippen molar-refractivity contribution in [1.82, 2.24) is 10.4 Å². The van der Waals surface area contributed by atoms with Crippen LogP contribution in [0.25, 0.3) is 0 Å². The van der Waals surface area contributed by atoms with Crippen LogP contribution < -0.4 is 5.43 Å². The number of nitrogens with one attached hydrogen (secondary N) is 1. The molecule has 2 N–H and O–H groups in total. The van der Waals surface area contributed by atoms with Gasteiger partial charge in [-0.25, -0.2) is 5.01 Å². The van der Waals surface area contributed by atoms with Gasteiger partial charge < -0.3 is 5.11 Å². The fraction of sp³-hybridized carbons (Fsp3) is 1.00. The van der Waals surface area contributed by atoms with Gasteiger partial charge in [0.25, 0.3) is 0 Å². The highest BCUT2D eigenvalue weighted by molar-refractivity contribution is 4.36. The lowest BCUT2D eigenvalue weighted by Crippen LogP contribution is -2.38. The quantitative estimate of drug-likeness (QED) is 0.362. The lowest BCUT2D eigenvalue weighted by molar-refractivity contribution is 0.00879. The van der Waals surface area contributed by atoms with Crippen molar-refractivity contribution in [2.75, 3.05) is 14.1 Å². The van der Waals surface area contributed by atoms with Crippen LogP contribution in [-0.2, 0) is 0 Å². The molecule has 7 heavy (non-hydrogen) atoms. The second-order valence-corrected chi connectivity index (χ2v) is 1.47. The number of aliphatic hydroxyl groups is 1. The third kappa shape index (κ3) is 2.56. The maximum absolute atomic E-state index is 8.68. The molecule has 1 atom stereocenters. The molecule has 0 fully saturated rings. The molecule has 0 radical (unpaired) electrons. The molecule has 0 aliphatic heterocycles. The molecule has 0 saturated heterocycles. The summed E-state index contributed by atoms with van der Waals surface area (Å²) >= 11 is 0. The van der Waals surface area contributed by atoms with Crippen molar-refractivity contribution in [2.24, 2.45) is 0 Å². The Kier molecular flexibility index (Phi) is 2.91. The number of hydrogen-bond donors (Lipinski definition) is 2. The smallest absolute Gasteiger partial charge is 0.116 e. The predicted octanol–water partition coefficient (Wildman–Crippen LogP) is -0.609. The zero-order valence-corrected chi connectivity index (χ0v) is 4.97. The average molecular weight is 104 g/mol. The monoisotopic (exact) mass is 104 g/mol. The molecule has 0 heterocycles. The second kappa shape index (κ2) is 2.96. The Bertz CT molecular complexity index is 47.0. The van der Waals surface area contributed by atoms with Crippen molar-refractivity contribution in [3.63, 3.8) is 0 Å². The molecule has 0 spiro atoms. The molecular formula is C4H12N2O. The van der Waals surface area contributed by atoms with E-state index in [1.807, 2.05) is 0 Å². The highest BCUT2D eigenvalue weighted by Gasteiger charge is 1.97. The summed E-state index contributed by atoms with van der Waals surface area (Å²) in [6, 6.07) is 0. The molecule has 0 bridgehead atoms. The van der Waals surface area contributed by atoms with Crippen molar-refractivity contribution in [3.05, 3.63) is 0 Å². The normalized spacial score (nSPS) is 15.0. The van der Waals surface area contributed by atoms with E-state index in [1.165, 1.54) is 0 Å². The average Bonchev–Trinajstić information content (AvgIpc) is 1.65. The van der Waals surface area contributed by atoms with Crippen molar-refractivity contribution in [1.29, 1.82) is 0 Å². The number of hydrazine groups is 1. The van der Waals surface area contributed by atoms with Crippen LogP contribution in [0.4, 0.5) is 0 Å². The number of nitrogens with zero attached hydrogens (tertiary/aromatic N) is 1. The zero-order valence-electron chi connectivity index (χ0n) is 4.97. The number of rotatable bonds is 2. The van der Waals surface area contributed by atoms with Crippen LogP contribution in [0.3, 0.4) is 0 Å². The minimum Gasteiger partial charge on any atom is -0.377 e.